The number of hydrogen-bond donors (Lipinski definition) is 2. The molecule has 3 N–H and O–H groups in total. The standard InChI is InChI=1S/C13H20N2OS.ClH/c1-10-4-3-5-11(8-10)9-15-13(16)12(14)6-7-17-2;/h3-5,8,12H,6-7,9,14H2,1-2H3,(H,15,16);1H/t12-;/m0./s1. The number of nitrogens with one attached hydrogen (secondary N) is 1. The molecule has 1 amide bonds. The molecule has 1 aromatic carbocycles. The number of rotatable bonds is 6. The van der Waals surface area contributed by atoms with E-state index in [1.807, 2.05) is 31.4 Å². The van der Waals surface area contributed by atoms with Gasteiger partial charge in [-0.05, 0) is 30.9 Å². The number of benzene rings is 1. The van der Waals surface area contributed by atoms with Gasteiger partial charge in [0.05, 0.1) is 6.04 Å². The van der Waals surface area contributed by atoms with Crippen LogP contribution in [0.25, 0.3) is 0 Å². The van der Waals surface area contributed by atoms with Crippen LogP contribution in [0.15, 0.2) is 24.3 Å². The Kier molecular flexibility index (Phi) is 8.89. The van der Waals surface area contributed by atoms with E-state index in [1.54, 1.807) is 11.8 Å². The molecular weight excluding hydrogens is 268 g/mol. The van der Waals surface area contributed by atoms with Crippen molar-refractivity contribution < 1.29 is 4.79 Å². The summed E-state index contributed by atoms with van der Waals surface area (Å²) in [6, 6.07) is 7.70. The summed E-state index contributed by atoms with van der Waals surface area (Å²) in [6.45, 7) is 2.59. The van der Waals surface area contributed by atoms with Crippen molar-refractivity contribution in [1.29, 1.82) is 0 Å². The fourth-order valence-corrected chi connectivity index (χ4v) is 2.01. The smallest absolute Gasteiger partial charge is 0.237 e. The Morgan fingerprint density at radius 2 is 2.22 bits per heavy atom. The Hall–Kier alpha value is -0.710. The first-order valence-corrected chi connectivity index (χ1v) is 7.10. The summed E-state index contributed by atoms with van der Waals surface area (Å²) in [6.07, 6.45) is 2.73. The van der Waals surface area contributed by atoms with Gasteiger partial charge in [0.1, 0.15) is 0 Å². The van der Waals surface area contributed by atoms with Crippen LogP contribution in [-0.4, -0.2) is 24.0 Å². The number of nitrogens with two attached hydrogens (primary N) is 1. The van der Waals surface area contributed by atoms with Crippen molar-refractivity contribution in [1.82, 2.24) is 5.32 Å². The van der Waals surface area contributed by atoms with Gasteiger partial charge in [-0.3, -0.25) is 4.79 Å². The van der Waals surface area contributed by atoms with Crippen LogP contribution in [-0.2, 0) is 11.3 Å². The molecule has 0 bridgehead atoms. The Labute approximate surface area is 119 Å². The van der Waals surface area contributed by atoms with Gasteiger partial charge in [-0.15, -0.1) is 12.4 Å². The van der Waals surface area contributed by atoms with Crippen molar-refractivity contribution in [2.24, 2.45) is 5.73 Å². The molecule has 0 aliphatic carbocycles. The summed E-state index contributed by atoms with van der Waals surface area (Å²) in [4.78, 5) is 11.7. The lowest BCUT2D eigenvalue weighted by Gasteiger charge is -2.11. The van der Waals surface area contributed by atoms with E-state index < -0.39 is 6.04 Å². The molecule has 0 fully saturated rings. The zero-order valence-electron chi connectivity index (χ0n) is 10.8. The first-order valence-electron chi connectivity index (χ1n) is 5.71. The molecule has 0 saturated carbocycles. The second kappa shape index (κ2) is 9.25. The lowest BCUT2D eigenvalue weighted by atomic mass is 10.1. The van der Waals surface area contributed by atoms with E-state index >= 15 is 0 Å². The number of halogens is 1. The fraction of sp³-hybridized carbons (Fsp3) is 0.462. The monoisotopic (exact) mass is 288 g/mol. The van der Waals surface area contributed by atoms with Crippen LogP contribution in [0, 0.1) is 6.92 Å². The molecule has 1 atom stereocenters. The molecule has 0 radical (unpaired) electrons. The number of hydrogen-bond acceptors (Lipinski definition) is 3. The molecule has 0 aromatic heterocycles. The van der Waals surface area contributed by atoms with Crippen molar-refractivity contribution >= 4 is 30.1 Å². The summed E-state index contributed by atoms with van der Waals surface area (Å²) in [7, 11) is 0. The van der Waals surface area contributed by atoms with E-state index in [-0.39, 0.29) is 18.3 Å². The summed E-state index contributed by atoms with van der Waals surface area (Å²) < 4.78 is 0. The minimum Gasteiger partial charge on any atom is -0.351 e. The van der Waals surface area contributed by atoms with Crippen LogP contribution in [0.5, 0.6) is 0 Å². The van der Waals surface area contributed by atoms with Gasteiger partial charge in [-0.25, -0.2) is 0 Å². The van der Waals surface area contributed by atoms with Gasteiger partial charge in [0.25, 0.3) is 0 Å². The van der Waals surface area contributed by atoms with E-state index in [1.165, 1.54) is 5.56 Å². The maximum absolute atomic E-state index is 11.7. The average Bonchev–Trinajstić information content (AvgIpc) is 2.33. The van der Waals surface area contributed by atoms with Gasteiger partial charge < -0.3 is 11.1 Å². The molecule has 1 aromatic rings. The molecule has 0 heterocycles. The molecule has 0 aliphatic heterocycles. The van der Waals surface area contributed by atoms with Crippen LogP contribution in [0.4, 0.5) is 0 Å². The molecule has 0 aliphatic rings. The zero-order chi connectivity index (χ0) is 12.7. The zero-order valence-corrected chi connectivity index (χ0v) is 12.4. The molecule has 0 unspecified atom stereocenters. The molecule has 3 nitrogen and oxygen atoms in total. The maximum atomic E-state index is 11.7. The molecule has 5 heteroatoms. The van der Waals surface area contributed by atoms with Crippen LogP contribution in [0.2, 0.25) is 0 Å². The summed E-state index contributed by atoms with van der Waals surface area (Å²) in [5.41, 5.74) is 8.08. The topological polar surface area (TPSA) is 55.1 Å². The highest BCUT2D eigenvalue weighted by Crippen LogP contribution is 2.04. The van der Waals surface area contributed by atoms with E-state index in [0.29, 0.717) is 6.54 Å². The predicted molar refractivity (Wildman–Crippen MR) is 81.2 cm³/mol. The van der Waals surface area contributed by atoms with E-state index in [4.69, 9.17) is 5.73 Å². The third-order valence-electron chi connectivity index (χ3n) is 2.52. The molecule has 18 heavy (non-hydrogen) atoms. The maximum Gasteiger partial charge on any atom is 0.237 e. The molecular formula is C13H21ClN2OS. The summed E-state index contributed by atoms with van der Waals surface area (Å²) >= 11 is 1.70. The highest BCUT2D eigenvalue weighted by molar-refractivity contribution is 7.98. The van der Waals surface area contributed by atoms with Gasteiger partial charge in [-0.2, -0.15) is 11.8 Å². The van der Waals surface area contributed by atoms with Crippen molar-refractivity contribution in [2.45, 2.75) is 25.9 Å². The van der Waals surface area contributed by atoms with Gasteiger partial charge in [-0.1, -0.05) is 29.8 Å². The van der Waals surface area contributed by atoms with Gasteiger partial charge in [0.15, 0.2) is 0 Å². The highest BCUT2D eigenvalue weighted by Gasteiger charge is 2.11. The van der Waals surface area contributed by atoms with E-state index in [0.717, 1.165) is 17.7 Å². The quantitative estimate of drug-likeness (QED) is 0.843. The Balaban J connectivity index is 0.00000289. The molecule has 0 saturated heterocycles. The summed E-state index contributed by atoms with van der Waals surface area (Å²) in [5, 5.41) is 2.86. The molecule has 0 spiro atoms. The number of carbonyl (C=O) groups is 1. The van der Waals surface area contributed by atoms with Crippen LogP contribution < -0.4 is 11.1 Å². The lowest BCUT2D eigenvalue weighted by Crippen LogP contribution is -2.40. The highest BCUT2D eigenvalue weighted by atomic mass is 35.5. The van der Waals surface area contributed by atoms with Crippen molar-refractivity contribution in [3.8, 4) is 0 Å². The molecule has 102 valence electrons. The Bertz CT molecular complexity index is 374. The minimum atomic E-state index is -0.396. The first-order chi connectivity index (χ1) is 8.13. The second-order valence-corrected chi connectivity index (χ2v) is 5.08. The molecule has 1 rings (SSSR count). The number of amides is 1. The number of thioether (sulfide) groups is 1. The fourth-order valence-electron chi connectivity index (χ4n) is 1.52. The third kappa shape index (κ3) is 6.28. The summed E-state index contributed by atoms with van der Waals surface area (Å²) in [5.74, 6) is 0.847. The normalized spacial score (nSPS) is 11.5. The van der Waals surface area contributed by atoms with Crippen molar-refractivity contribution in [3.05, 3.63) is 35.4 Å². The van der Waals surface area contributed by atoms with Crippen molar-refractivity contribution in [2.75, 3.05) is 12.0 Å². The lowest BCUT2D eigenvalue weighted by molar-refractivity contribution is -0.122. The average molecular weight is 289 g/mol. The Morgan fingerprint density at radius 3 is 2.83 bits per heavy atom. The predicted octanol–water partition coefficient (Wildman–Crippen LogP) is 2.11. The number of carbonyl (C=O) groups excluding carboxylic acids is 1. The van der Waals surface area contributed by atoms with Gasteiger partial charge >= 0.3 is 0 Å². The van der Waals surface area contributed by atoms with Crippen LogP contribution in [0.1, 0.15) is 17.5 Å². The number of aryl methyl sites for hydroxylation is 1. The Morgan fingerprint density at radius 1 is 1.50 bits per heavy atom. The van der Waals surface area contributed by atoms with Crippen LogP contribution >= 0.6 is 24.2 Å². The second-order valence-electron chi connectivity index (χ2n) is 4.09. The van der Waals surface area contributed by atoms with E-state index in [9.17, 15) is 4.79 Å². The first kappa shape index (κ1) is 17.3. The SMILES string of the molecule is CSCC[C@H](N)C(=O)NCc1cccc(C)c1.Cl. The van der Waals surface area contributed by atoms with Gasteiger partial charge in [0.2, 0.25) is 5.91 Å². The third-order valence-corrected chi connectivity index (χ3v) is 3.16. The van der Waals surface area contributed by atoms with Crippen molar-refractivity contribution in [3.63, 3.8) is 0 Å². The van der Waals surface area contributed by atoms with Gasteiger partial charge in [0, 0.05) is 6.54 Å². The largest absolute Gasteiger partial charge is 0.351 e. The minimum absolute atomic E-state index is 0. The van der Waals surface area contributed by atoms with E-state index in [2.05, 4.69) is 11.4 Å². The van der Waals surface area contributed by atoms with Crippen LogP contribution in [0.3, 0.4) is 0 Å².